The summed E-state index contributed by atoms with van der Waals surface area (Å²) in [6.45, 7) is 7.84. The van der Waals surface area contributed by atoms with Crippen LogP contribution >= 0.6 is 0 Å². The predicted molar refractivity (Wildman–Crippen MR) is 83.5 cm³/mol. The summed E-state index contributed by atoms with van der Waals surface area (Å²) in [6, 6.07) is 8.89. The molecule has 2 N–H and O–H groups in total. The number of nitrogens with two attached hydrogens (primary N) is 1. The summed E-state index contributed by atoms with van der Waals surface area (Å²) in [5.41, 5.74) is 7.81. The number of likely N-dealkylation sites (tertiary alicyclic amines) is 1. The van der Waals surface area contributed by atoms with Crippen molar-refractivity contribution in [3.05, 3.63) is 42.2 Å². The number of pyridine rings is 1. The van der Waals surface area contributed by atoms with Crippen LogP contribution in [0.2, 0.25) is 0 Å². The van der Waals surface area contributed by atoms with E-state index in [1.54, 1.807) is 0 Å². The van der Waals surface area contributed by atoms with Gasteiger partial charge in [0.25, 0.3) is 0 Å². The number of aromatic nitrogens is 1. The lowest BCUT2D eigenvalue weighted by Gasteiger charge is -2.38. The van der Waals surface area contributed by atoms with Gasteiger partial charge in [-0.3, -0.25) is 9.88 Å². The van der Waals surface area contributed by atoms with E-state index in [0.29, 0.717) is 0 Å². The molecule has 1 aliphatic heterocycles. The molecule has 106 valence electrons. The van der Waals surface area contributed by atoms with Crippen LogP contribution in [0.25, 0.3) is 10.8 Å². The summed E-state index contributed by atoms with van der Waals surface area (Å²) in [6.07, 6.45) is 4.98. The van der Waals surface area contributed by atoms with Gasteiger partial charge < -0.3 is 5.73 Å². The molecule has 2 aromatic rings. The van der Waals surface area contributed by atoms with E-state index in [1.807, 2.05) is 12.4 Å². The third-order valence-electron chi connectivity index (χ3n) is 4.32. The second-order valence-corrected chi connectivity index (χ2v) is 6.71. The number of rotatable bonds is 1. The molecule has 0 amide bonds. The van der Waals surface area contributed by atoms with Gasteiger partial charge in [-0.1, -0.05) is 24.3 Å². The Morgan fingerprint density at radius 3 is 2.70 bits per heavy atom. The number of hydrogen-bond acceptors (Lipinski definition) is 3. The molecule has 3 nitrogen and oxygen atoms in total. The van der Waals surface area contributed by atoms with Crippen molar-refractivity contribution in [2.45, 2.75) is 44.8 Å². The maximum absolute atomic E-state index is 6.42. The van der Waals surface area contributed by atoms with Crippen molar-refractivity contribution in [3.63, 3.8) is 0 Å². The van der Waals surface area contributed by atoms with E-state index in [-0.39, 0.29) is 17.6 Å². The maximum atomic E-state index is 6.42. The van der Waals surface area contributed by atoms with Crippen LogP contribution in [0, 0.1) is 0 Å². The Hall–Kier alpha value is -1.45. The van der Waals surface area contributed by atoms with E-state index in [2.05, 4.69) is 54.9 Å². The van der Waals surface area contributed by atoms with Crippen molar-refractivity contribution in [3.8, 4) is 0 Å². The van der Waals surface area contributed by atoms with Gasteiger partial charge in [0, 0.05) is 35.9 Å². The Balaban J connectivity index is 2.13. The third kappa shape index (κ3) is 2.21. The van der Waals surface area contributed by atoms with E-state index in [9.17, 15) is 0 Å². The van der Waals surface area contributed by atoms with Gasteiger partial charge in [0.05, 0.1) is 6.04 Å². The van der Waals surface area contributed by atoms with Gasteiger partial charge in [-0.15, -0.1) is 0 Å². The summed E-state index contributed by atoms with van der Waals surface area (Å²) >= 11 is 0. The van der Waals surface area contributed by atoms with Crippen LogP contribution in [0.15, 0.2) is 36.7 Å². The molecule has 0 aliphatic carbocycles. The van der Waals surface area contributed by atoms with E-state index in [1.165, 1.54) is 16.3 Å². The third-order valence-corrected chi connectivity index (χ3v) is 4.32. The van der Waals surface area contributed by atoms with Crippen LogP contribution in [0.5, 0.6) is 0 Å². The maximum Gasteiger partial charge on any atom is 0.0526 e. The molecule has 1 aromatic carbocycles. The van der Waals surface area contributed by atoms with E-state index < -0.39 is 0 Å². The highest BCUT2D eigenvalue weighted by atomic mass is 15.3. The summed E-state index contributed by atoms with van der Waals surface area (Å²) in [5.74, 6) is 0. The SMILES string of the molecule is CC(C)(C)N1CCC(N)C1c1cncc2ccccc12. The molecule has 3 rings (SSSR count). The Morgan fingerprint density at radius 1 is 1.20 bits per heavy atom. The lowest BCUT2D eigenvalue weighted by molar-refractivity contribution is 0.117. The van der Waals surface area contributed by atoms with Crippen LogP contribution in [-0.4, -0.2) is 28.0 Å². The first-order chi connectivity index (χ1) is 9.48. The van der Waals surface area contributed by atoms with E-state index >= 15 is 0 Å². The highest BCUT2D eigenvalue weighted by Gasteiger charge is 2.39. The first-order valence-corrected chi connectivity index (χ1v) is 7.33. The molecule has 1 aliphatic rings. The Morgan fingerprint density at radius 2 is 1.95 bits per heavy atom. The monoisotopic (exact) mass is 269 g/mol. The van der Waals surface area contributed by atoms with Gasteiger partial charge in [-0.05, 0) is 38.1 Å². The first-order valence-electron chi connectivity index (χ1n) is 7.33. The standard InChI is InChI=1S/C17H23N3/c1-17(2,3)20-9-8-15(18)16(20)14-11-19-10-12-6-4-5-7-13(12)14/h4-7,10-11,15-16H,8-9,18H2,1-3H3. The summed E-state index contributed by atoms with van der Waals surface area (Å²) in [5, 5.41) is 2.47. The normalized spacial score (nSPS) is 24.4. The zero-order valence-corrected chi connectivity index (χ0v) is 12.5. The van der Waals surface area contributed by atoms with Crippen molar-refractivity contribution in [2.24, 2.45) is 5.73 Å². The minimum absolute atomic E-state index is 0.121. The van der Waals surface area contributed by atoms with Crippen LogP contribution in [0.4, 0.5) is 0 Å². The molecule has 0 saturated carbocycles. The molecule has 0 bridgehead atoms. The molecular formula is C17H23N3. The second-order valence-electron chi connectivity index (χ2n) is 6.71. The molecule has 1 saturated heterocycles. The minimum Gasteiger partial charge on any atom is -0.326 e. The lowest BCUT2D eigenvalue weighted by Crippen LogP contribution is -2.43. The molecule has 2 unspecified atom stereocenters. The van der Waals surface area contributed by atoms with Crippen molar-refractivity contribution >= 4 is 10.8 Å². The Kier molecular flexibility index (Phi) is 3.27. The van der Waals surface area contributed by atoms with Crippen molar-refractivity contribution in [1.29, 1.82) is 0 Å². The molecule has 1 aromatic heterocycles. The molecule has 2 heterocycles. The van der Waals surface area contributed by atoms with E-state index in [0.717, 1.165) is 13.0 Å². The van der Waals surface area contributed by atoms with Crippen molar-refractivity contribution in [1.82, 2.24) is 9.88 Å². The minimum atomic E-state index is 0.121. The zero-order chi connectivity index (χ0) is 14.3. The molecule has 2 atom stereocenters. The second kappa shape index (κ2) is 4.83. The molecule has 1 fully saturated rings. The molecular weight excluding hydrogens is 246 g/mol. The summed E-state index contributed by atoms with van der Waals surface area (Å²) in [4.78, 5) is 6.94. The van der Waals surface area contributed by atoms with Gasteiger partial charge in [0.15, 0.2) is 0 Å². The van der Waals surface area contributed by atoms with Crippen molar-refractivity contribution in [2.75, 3.05) is 6.54 Å². The van der Waals surface area contributed by atoms with Gasteiger partial charge >= 0.3 is 0 Å². The molecule has 0 radical (unpaired) electrons. The zero-order valence-electron chi connectivity index (χ0n) is 12.5. The van der Waals surface area contributed by atoms with Crippen LogP contribution in [0.3, 0.4) is 0 Å². The summed E-state index contributed by atoms with van der Waals surface area (Å²) in [7, 11) is 0. The average molecular weight is 269 g/mol. The van der Waals surface area contributed by atoms with Crippen molar-refractivity contribution < 1.29 is 0 Å². The number of benzene rings is 1. The van der Waals surface area contributed by atoms with Gasteiger partial charge in [-0.2, -0.15) is 0 Å². The average Bonchev–Trinajstić information content (AvgIpc) is 2.80. The quantitative estimate of drug-likeness (QED) is 0.865. The largest absolute Gasteiger partial charge is 0.326 e. The predicted octanol–water partition coefficient (Wildman–Crippen LogP) is 3.11. The van der Waals surface area contributed by atoms with Crippen LogP contribution < -0.4 is 5.73 Å². The smallest absolute Gasteiger partial charge is 0.0526 e. The number of nitrogens with zero attached hydrogens (tertiary/aromatic N) is 2. The van der Waals surface area contributed by atoms with E-state index in [4.69, 9.17) is 5.73 Å². The summed E-state index contributed by atoms with van der Waals surface area (Å²) < 4.78 is 0. The molecule has 20 heavy (non-hydrogen) atoms. The first kappa shape index (κ1) is 13.5. The van der Waals surface area contributed by atoms with Gasteiger partial charge in [0.1, 0.15) is 0 Å². The fourth-order valence-corrected chi connectivity index (χ4v) is 3.34. The Bertz CT molecular complexity index is 610. The fraction of sp³-hybridized carbons (Fsp3) is 0.471. The van der Waals surface area contributed by atoms with Crippen LogP contribution in [0.1, 0.15) is 38.8 Å². The Labute approximate surface area is 120 Å². The van der Waals surface area contributed by atoms with Gasteiger partial charge in [-0.25, -0.2) is 0 Å². The fourth-order valence-electron chi connectivity index (χ4n) is 3.34. The number of fused-ring (bicyclic) bond motifs is 1. The highest BCUT2D eigenvalue weighted by molar-refractivity contribution is 5.85. The topological polar surface area (TPSA) is 42.1 Å². The van der Waals surface area contributed by atoms with Crippen LogP contribution in [-0.2, 0) is 0 Å². The molecule has 3 heteroatoms. The highest BCUT2D eigenvalue weighted by Crippen LogP contribution is 2.38. The lowest BCUT2D eigenvalue weighted by atomic mass is 9.94. The molecule has 0 spiro atoms. The number of hydrogen-bond donors (Lipinski definition) is 1. The van der Waals surface area contributed by atoms with Gasteiger partial charge in [0.2, 0.25) is 0 Å².